The molecule has 1 nitrogen and oxygen atoms in total. The van der Waals surface area contributed by atoms with Crippen LogP contribution in [0.4, 0.5) is 0 Å². The van der Waals surface area contributed by atoms with Crippen molar-refractivity contribution in [3.63, 3.8) is 0 Å². The van der Waals surface area contributed by atoms with Gasteiger partial charge in [-0.3, -0.25) is 0 Å². The van der Waals surface area contributed by atoms with Crippen molar-refractivity contribution >= 4 is 0 Å². The molecule has 1 heteroatoms. The summed E-state index contributed by atoms with van der Waals surface area (Å²) in [6.07, 6.45) is 12.0. The molecule has 0 fully saturated rings. The summed E-state index contributed by atoms with van der Waals surface area (Å²) in [5, 5.41) is 3.19. The zero-order chi connectivity index (χ0) is 8.10. The Morgan fingerprint density at radius 1 is 1.45 bits per heavy atom. The lowest BCUT2D eigenvalue weighted by Crippen LogP contribution is -2.19. The minimum atomic E-state index is 0.402. The minimum Gasteiger partial charge on any atom is -0.310 e. The molecule has 0 heterocycles. The summed E-state index contributed by atoms with van der Waals surface area (Å²) in [5.74, 6) is 0. The third-order valence-electron chi connectivity index (χ3n) is 1.82. The first-order valence-electron chi connectivity index (χ1n) is 4.02. The number of nitrogens with one attached hydrogen (secondary N) is 1. The molecule has 0 aromatic heterocycles. The van der Waals surface area contributed by atoms with Crippen LogP contribution in [0.25, 0.3) is 0 Å². The fourth-order valence-electron chi connectivity index (χ4n) is 1.06. The Morgan fingerprint density at radius 2 is 2.27 bits per heavy atom. The van der Waals surface area contributed by atoms with E-state index in [1.807, 2.05) is 7.05 Å². The molecule has 0 radical (unpaired) electrons. The maximum absolute atomic E-state index is 3.19. The Labute approximate surface area is 68.5 Å². The van der Waals surface area contributed by atoms with Gasteiger partial charge in [0, 0.05) is 6.04 Å². The van der Waals surface area contributed by atoms with Gasteiger partial charge in [0.2, 0.25) is 0 Å². The van der Waals surface area contributed by atoms with Gasteiger partial charge in [0.15, 0.2) is 0 Å². The molecule has 1 atom stereocenters. The van der Waals surface area contributed by atoms with Crippen molar-refractivity contribution in [1.29, 1.82) is 0 Å². The van der Waals surface area contributed by atoms with Crippen LogP contribution in [0.3, 0.4) is 0 Å². The monoisotopic (exact) mass is 149 g/mol. The average Bonchev–Trinajstić information content (AvgIpc) is 1.98. The molecular weight excluding hydrogens is 134 g/mol. The second-order valence-electron chi connectivity index (χ2n) is 2.79. The second-order valence-corrected chi connectivity index (χ2v) is 2.79. The van der Waals surface area contributed by atoms with Gasteiger partial charge in [-0.2, -0.15) is 0 Å². The molecular formula is C10H15N. The third kappa shape index (κ3) is 2.72. The van der Waals surface area contributed by atoms with Gasteiger partial charge in [-0.25, -0.2) is 0 Å². The summed E-state index contributed by atoms with van der Waals surface area (Å²) in [6.45, 7) is 2.13. The molecule has 1 aliphatic carbocycles. The van der Waals surface area contributed by atoms with Gasteiger partial charge in [-0.15, -0.1) is 0 Å². The van der Waals surface area contributed by atoms with Crippen LogP contribution in [-0.4, -0.2) is 13.1 Å². The molecule has 0 bridgehead atoms. The van der Waals surface area contributed by atoms with Gasteiger partial charge in [0.25, 0.3) is 0 Å². The van der Waals surface area contributed by atoms with Crippen LogP contribution in [0.2, 0.25) is 0 Å². The van der Waals surface area contributed by atoms with Crippen LogP contribution >= 0.6 is 0 Å². The highest BCUT2D eigenvalue weighted by molar-refractivity contribution is 5.23. The lowest BCUT2D eigenvalue weighted by atomic mass is 10.1. The molecule has 0 amide bonds. The topological polar surface area (TPSA) is 12.0 Å². The van der Waals surface area contributed by atoms with Crippen LogP contribution in [0, 0.1) is 0 Å². The predicted octanol–water partition coefficient (Wildman–Crippen LogP) is 2.04. The summed E-state index contributed by atoms with van der Waals surface area (Å²) in [5.41, 5.74) is 1.34. The summed E-state index contributed by atoms with van der Waals surface area (Å²) < 4.78 is 0. The largest absolute Gasteiger partial charge is 0.310 e. The summed E-state index contributed by atoms with van der Waals surface area (Å²) >= 11 is 0. The van der Waals surface area contributed by atoms with Crippen molar-refractivity contribution in [2.45, 2.75) is 19.4 Å². The van der Waals surface area contributed by atoms with Gasteiger partial charge in [0.05, 0.1) is 0 Å². The summed E-state index contributed by atoms with van der Waals surface area (Å²) in [6, 6.07) is 0.402. The summed E-state index contributed by atoms with van der Waals surface area (Å²) in [4.78, 5) is 0. The van der Waals surface area contributed by atoms with E-state index in [0.717, 1.165) is 6.42 Å². The van der Waals surface area contributed by atoms with Gasteiger partial charge in [-0.05, 0) is 20.4 Å². The Morgan fingerprint density at radius 3 is 3.00 bits per heavy atom. The number of hydrogen-bond donors (Lipinski definition) is 1. The highest BCUT2D eigenvalue weighted by Gasteiger charge is 1.95. The molecule has 0 spiro atoms. The fraction of sp³-hybridized carbons (Fsp3) is 0.400. The standard InChI is InChI=1S/C10H15N/c1-9-5-3-4-6-10(11-2)8-7-9/h4-8,10-11H,3H2,1-2H3. The average molecular weight is 149 g/mol. The zero-order valence-electron chi connectivity index (χ0n) is 7.17. The van der Waals surface area contributed by atoms with E-state index in [9.17, 15) is 0 Å². The Hall–Kier alpha value is -0.820. The number of likely N-dealkylation sites (N-methyl/N-ethyl adjacent to an activating group) is 1. The Bertz CT molecular complexity index is 199. The highest BCUT2D eigenvalue weighted by Crippen LogP contribution is 2.04. The molecule has 60 valence electrons. The van der Waals surface area contributed by atoms with Gasteiger partial charge in [-0.1, -0.05) is 36.0 Å². The van der Waals surface area contributed by atoms with Crippen molar-refractivity contribution in [2.75, 3.05) is 7.05 Å². The maximum atomic E-state index is 3.19. The van der Waals surface area contributed by atoms with E-state index < -0.39 is 0 Å². The van der Waals surface area contributed by atoms with E-state index >= 15 is 0 Å². The number of rotatable bonds is 1. The minimum absolute atomic E-state index is 0.402. The van der Waals surface area contributed by atoms with Crippen LogP contribution in [0.15, 0.2) is 36.0 Å². The van der Waals surface area contributed by atoms with E-state index in [-0.39, 0.29) is 0 Å². The Kier molecular flexibility index (Phi) is 3.12. The molecule has 1 aliphatic rings. The lowest BCUT2D eigenvalue weighted by molar-refractivity contribution is 0.786. The Balaban J connectivity index is 2.68. The van der Waals surface area contributed by atoms with E-state index in [4.69, 9.17) is 0 Å². The molecule has 0 aromatic rings. The molecule has 1 N–H and O–H groups in total. The van der Waals surface area contributed by atoms with E-state index in [0.29, 0.717) is 6.04 Å². The molecule has 0 saturated heterocycles. The first-order chi connectivity index (χ1) is 5.33. The van der Waals surface area contributed by atoms with Crippen molar-refractivity contribution < 1.29 is 0 Å². The first-order valence-corrected chi connectivity index (χ1v) is 4.02. The maximum Gasteiger partial charge on any atom is 0.0436 e. The van der Waals surface area contributed by atoms with Gasteiger partial charge in [0.1, 0.15) is 0 Å². The third-order valence-corrected chi connectivity index (χ3v) is 1.82. The van der Waals surface area contributed by atoms with Crippen LogP contribution in [0.1, 0.15) is 13.3 Å². The second kappa shape index (κ2) is 4.14. The first kappa shape index (κ1) is 8.28. The quantitative estimate of drug-likeness (QED) is 0.562. The van der Waals surface area contributed by atoms with Crippen molar-refractivity contribution in [3.05, 3.63) is 36.0 Å². The number of hydrogen-bond acceptors (Lipinski definition) is 1. The summed E-state index contributed by atoms with van der Waals surface area (Å²) in [7, 11) is 1.97. The molecule has 0 aliphatic heterocycles. The van der Waals surface area contributed by atoms with Crippen molar-refractivity contribution in [3.8, 4) is 0 Å². The van der Waals surface area contributed by atoms with Gasteiger partial charge < -0.3 is 5.32 Å². The normalized spacial score (nSPS) is 24.2. The van der Waals surface area contributed by atoms with Gasteiger partial charge >= 0.3 is 0 Å². The van der Waals surface area contributed by atoms with E-state index in [1.165, 1.54) is 5.57 Å². The van der Waals surface area contributed by atoms with Crippen LogP contribution < -0.4 is 5.32 Å². The molecule has 11 heavy (non-hydrogen) atoms. The van der Waals surface area contributed by atoms with Crippen molar-refractivity contribution in [2.24, 2.45) is 0 Å². The van der Waals surface area contributed by atoms with Crippen molar-refractivity contribution in [1.82, 2.24) is 5.32 Å². The predicted molar refractivity (Wildman–Crippen MR) is 49.5 cm³/mol. The SMILES string of the molecule is CNC1C=CCC=C(C)C=C1. The molecule has 1 rings (SSSR count). The lowest BCUT2D eigenvalue weighted by Gasteiger charge is -2.06. The number of allylic oxidation sites excluding steroid dienone is 4. The van der Waals surface area contributed by atoms with E-state index in [2.05, 4.69) is 42.6 Å². The van der Waals surface area contributed by atoms with E-state index in [1.54, 1.807) is 0 Å². The fourth-order valence-corrected chi connectivity index (χ4v) is 1.06. The molecule has 1 unspecified atom stereocenters. The molecule has 0 saturated carbocycles. The van der Waals surface area contributed by atoms with Crippen LogP contribution in [0.5, 0.6) is 0 Å². The van der Waals surface area contributed by atoms with Crippen LogP contribution in [-0.2, 0) is 0 Å². The zero-order valence-corrected chi connectivity index (χ0v) is 7.17. The smallest absolute Gasteiger partial charge is 0.0436 e. The highest BCUT2D eigenvalue weighted by atomic mass is 14.8. The molecule has 0 aromatic carbocycles.